The quantitative estimate of drug-likeness (QED) is 0.847. The fraction of sp³-hybridized carbons (Fsp3) is 0.692. The molecule has 2 heterocycles. The molecule has 1 saturated carbocycles. The van der Waals surface area contributed by atoms with Crippen LogP contribution in [0.4, 0.5) is 0 Å². The molecule has 1 nitrogen and oxygen atoms in total. The van der Waals surface area contributed by atoms with Crippen LogP contribution in [0.5, 0.6) is 0 Å². The van der Waals surface area contributed by atoms with Crippen molar-refractivity contribution in [2.24, 2.45) is 0 Å². The standard InChI is InChI=1S/C13H19NS2/c1-9-8-12(14-10-4-2-3-5-10)11-6-7-15-13(11)16-9/h6-7,9-10,12,14H,2-5,8H2,1H3/t9-,12?/m0/s1. The zero-order valence-electron chi connectivity index (χ0n) is 9.74. The lowest BCUT2D eigenvalue weighted by Gasteiger charge is -2.30. The van der Waals surface area contributed by atoms with Crippen molar-refractivity contribution in [3.05, 3.63) is 17.0 Å². The average molecular weight is 253 g/mol. The van der Waals surface area contributed by atoms with Crippen LogP contribution in [0, 0.1) is 0 Å². The Morgan fingerprint density at radius 3 is 2.94 bits per heavy atom. The number of hydrogen-bond donors (Lipinski definition) is 1. The van der Waals surface area contributed by atoms with Gasteiger partial charge in [0.15, 0.2) is 0 Å². The van der Waals surface area contributed by atoms with E-state index in [0.29, 0.717) is 6.04 Å². The van der Waals surface area contributed by atoms with E-state index < -0.39 is 0 Å². The molecule has 2 atom stereocenters. The van der Waals surface area contributed by atoms with Crippen LogP contribution < -0.4 is 5.32 Å². The normalized spacial score (nSPS) is 30.6. The molecule has 0 bridgehead atoms. The van der Waals surface area contributed by atoms with E-state index in [9.17, 15) is 0 Å². The number of nitrogens with one attached hydrogen (secondary N) is 1. The van der Waals surface area contributed by atoms with E-state index in [1.54, 1.807) is 9.77 Å². The molecular weight excluding hydrogens is 234 g/mol. The Labute approximate surface area is 106 Å². The number of fused-ring (bicyclic) bond motifs is 1. The first kappa shape index (κ1) is 11.1. The van der Waals surface area contributed by atoms with Crippen LogP contribution in [0.15, 0.2) is 15.7 Å². The van der Waals surface area contributed by atoms with E-state index in [1.807, 2.05) is 11.3 Å². The van der Waals surface area contributed by atoms with E-state index in [1.165, 1.54) is 32.1 Å². The molecule has 1 aromatic rings. The van der Waals surface area contributed by atoms with Crippen molar-refractivity contribution < 1.29 is 0 Å². The molecule has 1 fully saturated rings. The predicted octanol–water partition coefficient (Wildman–Crippen LogP) is 4.21. The molecule has 0 spiro atoms. The lowest BCUT2D eigenvalue weighted by atomic mass is 10.0. The van der Waals surface area contributed by atoms with E-state index in [-0.39, 0.29) is 0 Å². The smallest absolute Gasteiger partial charge is 0.0649 e. The van der Waals surface area contributed by atoms with Gasteiger partial charge in [-0.15, -0.1) is 23.1 Å². The summed E-state index contributed by atoms with van der Waals surface area (Å²) in [6, 6.07) is 3.74. The summed E-state index contributed by atoms with van der Waals surface area (Å²) in [5.74, 6) is 0. The number of rotatable bonds is 2. The van der Waals surface area contributed by atoms with Gasteiger partial charge in [-0.2, -0.15) is 0 Å². The van der Waals surface area contributed by atoms with E-state index in [0.717, 1.165) is 11.3 Å². The summed E-state index contributed by atoms with van der Waals surface area (Å²) in [5, 5.41) is 6.90. The third-order valence-electron chi connectivity index (χ3n) is 3.70. The second-order valence-electron chi connectivity index (χ2n) is 5.03. The van der Waals surface area contributed by atoms with E-state index in [4.69, 9.17) is 0 Å². The van der Waals surface area contributed by atoms with Gasteiger partial charge in [0.05, 0.1) is 4.21 Å². The molecule has 0 saturated heterocycles. The maximum Gasteiger partial charge on any atom is 0.0649 e. The molecule has 1 aromatic heterocycles. The predicted molar refractivity (Wildman–Crippen MR) is 72.4 cm³/mol. The summed E-state index contributed by atoms with van der Waals surface area (Å²) in [4.78, 5) is 0. The van der Waals surface area contributed by atoms with Gasteiger partial charge in [-0.1, -0.05) is 19.8 Å². The first-order valence-electron chi connectivity index (χ1n) is 6.33. The molecule has 3 rings (SSSR count). The number of hydrogen-bond acceptors (Lipinski definition) is 3. The molecule has 16 heavy (non-hydrogen) atoms. The van der Waals surface area contributed by atoms with Crippen molar-refractivity contribution in [3.8, 4) is 0 Å². The minimum absolute atomic E-state index is 0.626. The first-order valence-corrected chi connectivity index (χ1v) is 8.09. The van der Waals surface area contributed by atoms with Crippen LogP contribution in [0.1, 0.15) is 50.6 Å². The fourth-order valence-electron chi connectivity index (χ4n) is 2.88. The van der Waals surface area contributed by atoms with Gasteiger partial charge in [0.2, 0.25) is 0 Å². The highest BCUT2D eigenvalue weighted by Gasteiger charge is 2.28. The zero-order valence-corrected chi connectivity index (χ0v) is 11.4. The maximum atomic E-state index is 3.88. The van der Waals surface area contributed by atoms with Gasteiger partial charge in [-0.25, -0.2) is 0 Å². The number of thioether (sulfide) groups is 1. The van der Waals surface area contributed by atoms with Crippen molar-refractivity contribution in [1.29, 1.82) is 0 Å². The summed E-state index contributed by atoms with van der Waals surface area (Å²) in [6.45, 7) is 2.36. The molecule has 0 amide bonds. The van der Waals surface area contributed by atoms with Gasteiger partial charge < -0.3 is 5.32 Å². The highest BCUT2D eigenvalue weighted by Crippen LogP contribution is 2.44. The largest absolute Gasteiger partial charge is 0.307 e. The monoisotopic (exact) mass is 253 g/mol. The molecular formula is C13H19NS2. The summed E-state index contributed by atoms with van der Waals surface area (Å²) in [6.07, 6.45) is 6.91. The summed E-state index contributed by atoms with van der Waals surface area (Å²) in [5.41, 5.74) is 1.57. The van der Waals surface area contributed by atoms with Gasteiger partial charge in [0.25, 0.3) is 0 Å². The van der Waals surface area contributed by atoms with Crippen molar-refractivity contribution in [3.63, 3.8) is 0 Å². The first-order chi connectivity index (χ1) is 7.83. The van der Waals surface area contributed by atoms with Crippen LogP contribution in [0.2, 0.25) is 0 Å². The summed E-state index contributed by atoms with van der Waals surface area (Å²) < 4.78 is 1.55. The highest BCUT2D eigenvalue weighted by atomic mass is 32.2. The molecule has 1 aliphatic heterocycles. The van der Waals surface area contributed by atoms with E-state index in [2.05, 4.69) is 35.4 Å². The Morgan fingerprint density at radius 2 is 2.12 bits per heavy atom. The van der Waals surface area contributed by atoms with Crippen molar-refractivity contribution >= 4 is 23.1 Å². The van der Waals surface area contributed by atoms with Crippen LogP contribution in [-0.2, 0) is 0 Å². The molecule has 1 aliphatic carbocycles. The molecule has 1 unspecified atom stereocenters. The maximum absolute atomic E-state index is 3.88. The third kappa shape index (κ3) is 2.18. The fourth-order valence-corrected chi connectivity index (χ4v) is 5.45. The minimum Gasteiger partial charge on any atom is -0.307 e. The van der Waals surface area contributed by atoms with Crippen molar-refractivity contribution in [2.45, 2.75) is 60.6 Å². The second kappa shape index (κ2) is 4.71. The Balaban J connectivity index is 1.75. The molecule has 0 radical (unpaired) electrons. The van der Waals surface area contributed by atoms with Crippen LogP contribution in [0.25, 0.3) is 0 Å². The summed E-state index contributed by atoms with van der Waals surface area (Å²) in [7, 11) is 0. The molecule has 1 N–H and O–H groups in total. The third-order valence-corrected chi connectivity index (χ3v) is 6.05. The minimum atomic E-state index is 0.626. The molecule has 0 aromatic carbocycles. The van der Waals surface area contributed by atoms with Gasteiger partial charge in [0, 0.05) is 17.3 Å². The van der Waals surface area contributed by atoms with Gasteiger partial charge in [0.1, 0.15) is 0 Å². The Hall–Kier alpha value is 0.01000. The second-order valence-corrected chi connectivity index (χ2v) is 7.65. The molecule has 88 valence electrons. The molecule has 2 aliphatic rings. The van der Waals surface area contributed by atoms with Gasteiger partial charge in [-0.3, -0.25) is 0 Å². The van der Waals surface area contributed by atoms with Crippen LogP contribution in [-0.4, -0.2) is 11.3 Å². The van der Waals surface area contributed by atoms with Gasteiger partial charge >= 0.3 is 0 Å². The van der Waals surface area contributed by atoms with Crippen molar-refractivity contribution in [2.75, 3.05) is 0 Å². The lowest BCUT2D eigenvalue weighted by Crippen LogP contribution is -2.33. The highest BCUT2D eigenvalue weighted by molar-refractivity contribution is 8.01. The van der Waals surface area contributed by atoms with E-state index >= 15 is 0 Å². The molecule has 3 heteroatoms. The Kier molecular flexibility index (Phi) is 3.27. The average Bonchev–Trinajstić information content (AvgIpc) is 2.87. The van der Waals surface area contributed by atoms with Crippen LogP contribution in [0.3, 0.4) is 0 Å². The van der Waals surface area contributed by atoms with Crippen molar-refractivity contribution in [1.82, 2.24) is 5.32 Å². The summed E-state index contributed by atoms with van der Waals surface area (Å²) >= 11 is 3.97. The van der Waals surface area contributed by atoms with Gasteiger partial charge in [-0.05, 0) is 36.3 Å². The lowest BCUT2D eigenvalue weighted by molar-refractivity contribution is 0.413. The zero-order chi connectivity index (χ0) is 11.0. The number of thiophene rings is 1. The Bertz CT molecular complexity index is 355. The SMILES string of the molecule is C[C@H]1CC(NC2CCCC2)c2ccsc2S1. The Morgan fingerprint density at radius 1 is 1.31 bits per heavy atom. The van der Waals surface area contributed by atoms with Crippen LogP contribution >= 0.6 is 23.1 Å². The topological polar surface area (TPSA) is 12.0 Å².